The number of rotatable bonds is 4. The molecule has 0 spiro atoms. The molecular formula is C12H17OS. The highest BCUT2D eigenvalue weighted by atomic mass is 32.2. The topological polar surface area (TPSA) is 9.23 Å². The quantitative estimate of drug-likeness (QED) is 0.698. The zero-order chi connectivity index (χ0) is 10.6. The van der Waals surface area contributed by atoms with E-state index in [4.69, 9.17) is 4.74 Å². The third kappa shape index (κ3) is 2.95. The van der Waals surface area contributed by atoms with Crippen molar-refractivity contribution >= 4 is 11.8 Å². The Morgan fingerprint density at radius 1 is 1.43 bits per heavy atom. The monoisotopic (exact) mass is 209 g/mol. The molecule has 0 aliphatic heterocycles. The van der Waals surface area contributed by atoms with Crippen molar-refractivity contribution in [3.63, 3.8) is 0 Å². The van der Waals surface area contributed by atoms with Crippen molar-refractivity contribution in [2.45, 2.75) is 24.7 Å². The number of ether oxygens (including phenoxy) is 1. The predicted octanol–water partition coefficient (Wildman–Crippen LogP) is 3.74. The first kappa shape index (κ1) is 11.4. The maximum Gasteiger partial charge on any atom is 0.120 e. The van der Waals surface area contributed by atoms with E-state index >= 15 is 0 Å². The summed E-state index contributed by atoms with van der Waals surface area (Å²) in [5, 5.41) is 0. The molecule has 14 heavy (non-hydrogen) atoms. The zero-order valence-corrected chi connectivity index (χ0v) is 9.86. The third-order valence-corrected chi connectivity index (χ3v) is 2.73. The van der Waals surface area contributed by atoms with Crippen LogP contribution >= 0.6 is 11.8 Å². The lowest BCUT2D eigenvalue weighted by Crippen LogP contribution is -1.95. The number of thioether (sulfide) groups is 1. The minimum absolute atomic E-state index is 0.307. The summed E-state index contributed by atoms with van der Waals surface area (Å²) in [6, 6.07) is 6.31. The molecule has 0 saturated heterocycles. The first-order valence-electron chi connectivity index (χ1n) is 4.82. The molecule has 2 heteroatoms. The minimum Gasteiger partial charge on any atom is -0.494 e. The van der Waals surface area contributed by atoms with Crippen LogP contribution in [0, 0.1) is 6.92 Å². The van der Waals surface area contributed by atoms with Crippen LogP contribution in [0.5, 0.6) is 5.75 Å². The predicted molar refractivity (Wildman–Crippen MR) is 63.2 cm³/mol. The van der Waals surface area contributed by atoms with Gasteiger partial charge in [-0.2, -0.15) is 0 Å². The van der Waals surface area contributed by atoms with Gasteiger partial charge >= 0.3 is 0 Å². The lowest BCUT2D eigenvalue weighted by atomic mass is 10.0. The Morgan fingerprint density at radius 2 is 2.14 bits per heavy atom. The van der Waals surface area contributed by atoms with E-state index < -0.39 is 0 Å². The van der Waals surface area contributed by atoms with Gasteiger partial charge in [-0.1, -0.05) is 6.92 Å². The van der Waals surface area contributed by atoms with Crippen molar-refractivity contribution in [3.05, 3.63) is 30.7 Å². The van der Waals surface area contributed by atoms with Crippen molar-refractivity contribution < 1.29 is 4.74 Å². The standard InChI is InChI=1S/C12H17OS/c1-5-13-11-6-10(9(2)3)7-12(8-11)14-4/h6-9H,2,5H2,1,3-4H3. The first-order chi connectivity index (χ1) is 6.67. The summed E-state index contributed by atoms with van der Waals surface area (Å²) in [4.78, 5) is 1.24. The van der Waals surface area contributed by atoms with Gasteiger partial charge in [-0.15, -0.1) is 11.8 Å². The van der Waals surface area contributed by atoms with Crippen molar-refractivity contribution in [2.24, 2.45) is 0 Å². The summed E-state index contributed by atoms with van der Waals surface area (Å²) >= 11 is 1.73. The Bertz CT molecular complexity index is 294. The number of benzene rings is 1. The molecule has 1 rings (SSSR count). The smallest absolute Gasteiger partial charge is 0.120 e. The van der Waals surface area contributed by atoms with Crippen LogP contribution in [0.25, 0.3) is 0 Å². The summed E-state index contributed by atoms with van der Waals surface area (Å²) < 4.78 is 5.50. The van der Waals surface area contributed by atoms with E-state index in [1.54, 1.807) is 11.8 Å². The SMILES string of the molecule is [CH2]C(C)c1cc(OCC)cc(SC)c1. The van der Waals surface area contributed by atoms with Crippen molar-refractivity contribution in [1.29, 1.82) is 0 Å². The van der Waals surface area contributed by atoms with E-state index in [0.29, 0.717) is 12.5 Å². The van der Waals surface area contributed by atoms with Crippen LogP contribution in [0.15, 0.2) is 23.1 Å². The second-order valence-electron chi connectivity index (χ2n) is 3.28. The van der Waals surface area contributed by atoms with E-state index in [1.807, 2.05) is 6.92 Å². The fraction of sp³-hybridized carbons (Fsp3) is 0.417. The highest BCUT2D eigenvalue weighted by molar-refractivity contribution is 7.98. The van der Waals surface area contributed by atoms with Crippen molar-refractivity contribution in [3.8, 4) is 5.75 Å². The molecule has 0 aliphatic carbocycles. The van der Waals surface area contributed by atoms with Crippen LogP contribution in [0.3, 0.4) is 0 Å². The van der Waals surface area contributed by atoms with E-state index in [-0.39, 0.29) is 0 Å². The molecule has 1 nitrogen and oxygen atoms in total. The van der Waals surface area contributed by atoms with Gasteiger partial charge in [0, 0.05) is 4.90 Å². The van der Waals surface area contributed by atoms with E-state index in [9.17, 15) is 0 Å². The van der Waals surface area contributed by atoms with Crippen molar-refractivity contribution in [2.75, 3.05) is 12.9 Å². The van der Waals surface area contributed by atoms with Crippen LogP contribution in [-0.4, -0.2) is 12.9 Å². The van der Waals surface area contributed by atoms with Gasteiger partial charge in [-0.25, -0.2) is 0 Å². The Morgan fingerprint density at radius 3 is 2.64 bits per heavy atom. The average molecular weight is 209 g/mol. The Balaban J connectivity index is 3.00. The molecule has 1 radical (unpaired) electrons. The number of hydrogen-bond acceptors (Lipinski definition) is 2. The van der Waals surface area contributed by atoms with E-state index in [2.05, 4.69) is 38.3 Å². The van der Waals surface area contributed by atoms with Gasteiger partial charge in [0.05, 0.1) is 6.61 Å². The summed E-state index contributed by atoms with van der Waals surface area (Å²) in [6.07, 6.45) is 2.07. The molecule has 0 aliphatic rings. The van der Waals surface area contributed by atoms with Gasteiger partial charge in [0.15, 0.2) is 0 Å². The van der Waals surface area contributed by atoms with Crippen LogP contribution in [0.2, 0.25) is 0 Å². The fourth-order valence-electron chi connectivity index (χ4n) is 1.25. The molecule has 0 saturated carbocycles. The maximum atomic E-state index is 5.50. The molecule has 1 unspecified atom stereocenters. The van der Waals surface area contributed by atoms with Gasteiger partial charge < -0.3 is 4.74 Å². The highest BCUT2D eigenvalue weighted by Crippen LogP contribution is 2.27. The second kappa shape index (κ2) is 5.30. The first-order valence-corrected chi connectivity index (χ1v) is 6.04. The molecule has 1 aromatic rings. The Labute approximate surface area is 90.9 Å². The minimum atomic E-state index is 0.307. The van der Waals surface area contributed by atoms with Crippen LogP contribution in [-0.2, 0) is 0 Å². The molecule has 0 N–H and O–H groups in total. The van der Waals surface area contributed by atoms with Crippen molar-refractivity contribution in [1.82, 2.24) is 0 Å². The molecule has 0 aromatic heterocycles. The van der Waals surface area contributed by atoms with Crippen LogP contribution < -0.4 is 4.74 Å². The lowest BCUT2D eigenvalue weighted by Gasteiger charge is -2.11. The third-order valence-electron chi connectivity index (χ3n) is 2.02. The van der Waals surface area contributed by atoms with Gasteiger partial charge in [0.2, 0.25) is 0 Å². The Hall–Kier alpha value is -0.630. The molecule has 77 valence electrons. The maximum absolute atomic E-state index is 5.50. The highest BCUT2D eigenvalue weighted by Gasteiger charge is 2.04. The molecule has 0 fully saturated rings. The fourth-order valence-corrected chi connectivity index (χ4v) is 1.73. The second-order valence-corrected chi connectivity index (χ2v) is 4.16. The summed E-state index contributed by atoms with van der Waals surface area (Å²) in [6.45, 7) is 8.82. The molecule has 1 aromatic carbocycles. The molecule has 0 heterocycles. The normalized spacial score (nSPS) is 10.6. The van der Waals surface area contributed by atoms with Gasteiger partial charge in [-0.3, -0.25) is 0 Å². The average Bonchev–Trinajstić information content (AvgIpc) is 2.17. The Kier molecular flexibility index (Phi) is 4.33. The number of hydrogen-bond donors (Lipinski definition) is 0. The van der Waals surface area contributed by atoms with E-state index in [0.717, 1.165) is 5.75 Å². The molecule has 0 amide bonds. The molecule has 0 bridgehead atoms. The van der Waals surface area contributed by atoms with E-state index in [1.165, 1.54) is 10.5 Å². The largest absolute Gasteiger partial charge is 0.494 e. The van der Waals surface area contributed by atoms with Gasteiger partial charge in [0.25, 0.3) is 0 Å². The lowest BCUT2D eigenvalue weighted by molar-refractivity contribution is 0.339. The van der Waals surface area contributed by atoms with Gasteiger partial charge in [-0.05, 0) is 49.8 Å². The zero-order valence-electron chi connectivity index (χ0n) is 9.04. The summed E-state index contributed by atoms with van der Waals surface area (Å²) in [5.74, 6) is 1.26. The van der Waals surface area contributed by atoms with Crippen LogP contribution in [0.1, 0.15) is 25.3 Å². The van der Waals surface area contributed by atoms with Crippen LogP contribution in [0.4, 0.5) is 0 Å². The molecular weight excluding hydrogens is 192 g/mol. The van der Waals surface area contributed by atoms with Gasteiger partial charge in [0.1, 0.15) is 5.75 Å². The molecule has 1 atom stereocenters. The summed E-state index contributed by atoms with van der Waals surface area (Å²) in [5.41, 5.74) is 1.24. The summed E-state index contributed by atoms with van der Waals surface area (Å²) in [7, 11) is 0.